The topological polar surface area (TPSA) is 3.24 Å². The van der Waals surface area contributed by atoms with Crippen molar-refractivity contribution in [3.63, 3.8) is 0 Å². The Morgan fingerprint density at radius 3 is 2.12 bits per heavy atom. The van der Waals surface area contributed by atoms with Gasteiger partial charge < -0.3 is 0 Å². The van der Waals surface area contributed by atoms with Crippen LogP contribution in [0, 0.1) is 18.8 Å². The van der Waals surface area contributed by atoms with E-state index in [1.165, 1.54) is 16.7 Å². The van der Waals surface area contributed by atoms with Gasteiger partial charge in [0.15, 0.2) is 0 Å². The Hall–Kier alpha value is -1.75. The van der Waals surface area contributed by atoms with E-state index in [2.05, 4.69) is 92.1 Å². The average molecular weight is 342 g/mol. The van der Waals surface area contributed by atoms with Crippen LogP contribution >= 0.6 is 12.4 Å². The molecule has 0 saturated heterocycles. The van der Waals surface area contributed by atoms with Crippen LogP contribution in [0.15, 0.2) is 54.6 Å². The third kappa shape index (κ3) is 5.71. The second-order valence-electron chi connectivity index (χ2n) is 5.84. The van der Waals surface area contributed by atoms with Gasteiger partial charge >= 0.3 is 0 Å². The predicted molar refractivity (Wildman–Crippen MR) is 107 cm³/mol. The summed E-state index contributed by atoms with van der Waals surface area (Å²) in [6.45, 7) is 9.55. The van der Waals surface area contributed by atoms with Crippen molar-refractivity contribution in [1.29, 1.82) is 0 Å². The summed E-state index contributed by atoms with van der Waals surface area (Å²) in [5.74, 6) is 7.12. The van der Waals surface area contributed by atoms with Crippen LogP contribution in [0.5, 0.6) is 0 Å². The van der Waals surface area contributed by atoms with Gasteiger partial charge in [-0.05, 0) is 36.7 Å². The second-order valence-corrected chi connectivity index (χ2v) is 5.84. The highest BCUT2D eigenvalue weighted by molar-refractivity contribution is 5.85. The van der Waals surface area contributed by atoms with E-state index < -0.39 is 0 Å². The first-order valence-electron chi connectivity index (χ1n) is 8.54. The summed E-state index contributed by atoms with van der Waals surface area (Å²) in [6.07, 6.45) is 0.871. The molecule has 2 aromatic rings. The Balaban J connectivity index is 0.00000288. The summed E-state index contributed by atoms with van der Waals surface area (Å²) in [6, 6.07) is 19.4. The number of halogens is 1. The van der Waals surface area contributed by atoms with Crippen molar-refractivity contribution in [2.75, 3.05) is 19.6 Å². The minimum atomic E-state index is 0. The van der Waals surface area contributed by atoms with Crippen molar-refractivity contribution in [1.82, 2.24) is 4.90 Å². The van der Waals surface area contributed by atoms with E-state index >= 15 is 0 Å². The van der Waals surface area contributed by atoms with Crippen molar-refractivity contribution in [2.45, 2.75) is 33.1 Å². The number of rotatable bonds is 6. The lowest BCUT2D eigenvalue weighted by Gasteiger charge is -2.18. The minimum Gasteiger partial charge on any atom is -0.293 e. The molecule has 1 atom stereocenters. The minimum absolute atomic E-state index is 0. The predicted octanol–water partition coefficient (Wildman–Crippen LogP) is 5.28. The van der Waals surface area contributed by atoms with Gasteiger partial charge in [0.25, 0.3) is 0 Å². The molecule has 0 radical (unpaired) electrons. The van der Waals surface area contributed by atoms with Crippen LogP contribution in [0.4, 0.5) is 0 Å². The van der Waals surface area contributed by atoms with Crippen LogP contribution in [-0.4, -0.2) is 24.5 Å². The molecule has 0 spiro atoms. The highest BCUT2D eigenvalue weighted by Gasteiger charge is 2.14. The summed E-state index contributed by atoms with van der Waals surface area (Å²) in [5.41, 5.74) is 4.07. The Bertz CT molecular complexity index is 650. The molecule has 2 heteroatoms. The molecule has 0 heterocycles. The van der Waals surface area contributed by atoms with Crippen LogP contribution in [0.25, 0.3) is 0 Å². The average Bonchev–Trinajstić information content (AvgIpc) is 2.60. The first kappa shape index (κ1) is 20.3. The van der Waals surface area contributed by atoms with Gasteiger partial charge in [-0.2, -0.15) is 0 Å². The second kappa shape index (κ2) is 10.9. The Kier molecular flexibility index (Phi) is 9.23. The van der Waals surface area contributed by atoms with E-state index in [9.17, 15) is 0 Å². The molecular weight excluding hydrogens is 314 g/mol. The molecule has 2 aromatic carbocycles. The van der Waals surface area contributed by atoms with E-state index in [4.69, 9.17) is 0 Å². The molecule has 0 fully saturated rings. The smallest absolute Gasteiger partial charge is 0.0601 e. The lowest BCUT2D eigenvalue weighted by atomic mass is 9.86. The van der Waals surface area contributed by atoms with E-state index in [1.54, 1.807) is 0 Å². The standard InChI is InChI=1S/C22H27N.ClH/c1-4-23(5-2)18-12-11-17-22(20-14-7-6-8-15-20)21-16-10-9-13-19(21)3;/h6-10,13-16,22H,4-5,17-18H2,1-3H3;1H. The SMILES string of the molecule is CCN(CC)CC#CCC(c1ccccc1)c1ccccc1C.Cl. The van der Waals surface area contributed by atoms with Gasteiger partial charge in [0, 0.05) is 12.3 Å². The van der Waals surface area contributed by atoms with Crippen LogP contribution < -0.4 is 0 Å². The fraction of sp³-hybridized carbons (Fsp3) is 0.364. The van der Waals surface area contributed by atoms with E-state index in [1.807, 2.05) is 0 Å². The van der Waals surface area contributed by atoms with E-state index in [-0.39, 0.29) is 12.4 Å². The maximum Gasteiger partial charge on any atom is 0.0601 e. The molecule has 0 aromatic heterocycles. The Morgan fingerprint density at radius 2 is 1.50 bits per heavy atom. The van der Waals surface area contributed by atoms with E-state index in [0.29, 0.717) is 5.92 Å². The molecule has 0 amide bonds. The van der Waals surface area contributed by atoms with Crippen molar-refractivity contribution in [3.8, 4) is 11.8 Å². The maximum absolute atomic E-state index is 3.42. The van der Waals surface area contributed by atoms with Gasteiger partial charge in [0.05, 0.1) is 6.54 Å². The van der Waals surface area contributed by atoms with Gasteiger partial charge in [-0.25, -0.2) is 0 Å². The molecule has 0 aliphatic heterocycles. The Labute approximate surface area is 153 Å². The quantitative estimate of drug-likeness (QED) is 0.646. The van der Waals surface area contributed by atoms with Gasteiger partial charge in [0.2, 0.25) is 0 Å². The Morgan fingerprint density at radius 1 is 0.875 bits per heavy atom. The fourth-order valence-corrected chi connectivity index (χ4v) is 2.86. The molecule has 24 heavy (non-hydrogen) atoms. The molecule has 0 saturated carbocycles. The monoisotopic (exact) mass is 341 g/mol. The van der Waals surface area contributed by atoms with Crippen molar-refractivity contribution in [2.24, 2.45) is 0 Å². The molecule has 1 unspecified atom stereocenters. The zero-order chi connectivity index (χ0) is 16.5. The number of hydrogen-bond donors (Lipinski definition) is 0. The lowest BCUT2D eigenvalue weighted by molar-refractivity contribution is 0.342. The van der Waals surface area contributed by atoms with Gasteiger partial charge in [0.1, 0.15) is 0 Å². The van der Waals surface area contributed by atoms with Crippen LogP contribution in [0.2, 0.25) is 0 Å². The van der Waals surface area contributed by atoms with Crippen LogP contribution in [0.1, 0.15) is 42.9 Å². The molecule has 0 N–H and O–H groups in total. The highest BCUT2D eigenvalue weighted by atomic mass is 35.5. The normalized spacial score (nSPS) is 11.3. The molecular formula is C22H28ClN. The summed E-state index contributed by atoms with van der Waals surface area (Å²) in [5, 5.41) is 0. The van der Waals surface area contributed by atoms with Gasteiger partial charge in [-0.3, -0.25) is 4.90 Å². The van der Waals surface area contributed by atoms with Crippen molar-refractivity contribution >= 4 is 12.4 Å². The highest BCUT2D eigenvalue weighted by Crippen LogP contribution is 2.29. The van der Waals surface area contributed by atoms with Crippen molar-refractivity contribution in [3.05, 3.63) is 71.3 Å². The third-order valence-corrected chi connectivity index (χ3v) is 4.39. The molecule has 0 aliphatic carbocycles. The maximum atomic E-state index is 3.42. The first-order valence-corrected chi connectivity index (χ1v) is 8.54. The summed E-state index contributed by atoms with van der Waals surface area (Å²) in [4.78, 5) is 2.35. The molecule has 0 aliphatic rings. The number of hydrogen-bond acceptors (Lipinski definition) is 1. The zero-order valence-electron chi connectivity index (χ0n) is 15.0. The molecule has 128 valence electrons. The van der Waals surface area contributed by atoms with E-state index in [0.717, 1.165) is 26.1 Å². The van der Waals surface area contributed by atoms with Crippen LogP contribution in [-0.2, 0) is 0 Å². The number of benzene rings is 2. The van der Waals surface area contributed by atoms with Gasteiger partial charge in [-0.1, -0.05) is 74.4 Å². The number of nitrogens with zero attached hydrogens (tertiary/aromatic N) is 1. The third-order valence-electron chi connectivity index (χ3n) is 4.39. The molecule has 1 nitrogen and oxygen atoms in total. The number of aryl methyl sites for hydroxylation is 1. The summed E-state index contributed by atoms with van der Waals surface area (Å²) >= 11 is 0. The summed E-state index contributed by atoms with van der Waals surface area (Å²) < 4.78 is 0. The largest absolute Gasteiger partial charge is 0.293 e. The molecule has 0 bridgehead atoms. The zero-order valence-corrected chi connectivity index (χ0v) is 15.8. The molecule has 2 rings (SSSR count). The van der Waals surface area contributed by atoms with Crippen LogP contribution in [0.3, 0.4) is 0 Å². The first-order chi connectivity index (χ1) is 11.3. The van der Waals surface area contributed by atoms with Gasteiger partial charge in [-0.15, -0.1) is 18.3 Å². The lowest BCUT2D eigenvalue weighted by Crippen LogP contribution is -2.22. The summed E-state index contributed by atoms with van der Waals surface area (Å²) in [7, 11) is 0. The fourth-order valence-electron chi connectivity index (χ4n) is 2.86. The van der Waals surface area contributed by atoms with Crippen molar-refractivity contribution < 1.29 is 0 Å².